The lowest BCUT2D eigenvalue weighted by Crippen LogP contribution is -2.46. The molecule has 0 aromatic heterocycles. The predicted octanol–water partition coefficient (Wildman–Crippen LogP) is 0.901. The number of rotatable bonds is 5. The molecular formula is C9H20N2O. The van der Waals surface area contributed by atoms with Crippen molar-refractivity contribution in [2.45, 2.75) is 39.7 Å². The molecule has 0 spiro atoms. The molecule has 12 heavy (non-hydrogen) atoms. The van der Waals surface area contributed by atoms with E-state index in [9.17, 15) is 4.79 Å². The Bertz CT molecular complexity index is 143. The minimum absolute atomic E-state index is 0.0729. The smallest absolute Gasteiger partial charge is 0.234 e. The highest BCUT2D eigenvalue weighted by molar-refractivity contribution is 5.78. The quantitative estimate of drug-likeness (QED) is 0.647. The lowest BCUT2D eigenvalue weighted by Gasteiger charge is -2.24. The summed E-state index contributed by atoms with van der Waals surface area (Å²) >= 11 is 0. The molecule has 0 unspecified atom stereocenters. The first-order chi connectivity index (χ1) is 5.52. The molecule has 0 bridgehead atoms. The molecule has 1 amide bonds. The molecule has 3 nitrogen and oxygen atoms in total. The number of likely N-dealkylation sites (N-methyl/N-ethyl adjacent to an activating group) is 1. The summed E-state index contributed by atoms with van der Waals surface area (Å²) in [7, 11) is 0. The van der Waals surface area contributed by atoms with E-state index < -0.39 is 0 Å². The van der Waals surface area contributed by atoms with Gasteiger partial charge in [0.1, 0.15) is 0 Å². The van der Waals surface area contributed by atoms with Crippen LogP contribution in [-0.2, 0) is 4.79 Å². The molecule has 3 heteroatoms. The molecule has 0 saturated carbocycles. The van der Waals surface area contributed by atoms with Crippen molar-refractivity contribution in [3.05, 3.63) is 0 Å². The molecule has 0 heterocycles. The van der Waals surface area contributed by atoms with E-state index in [-0.39, 0.29) is 11.4 Å². The first-order valence-electron chi connectivity index (χ1n) is 4.53. The van der Waals surface area contributed by atoms with Crippen LogP contribution in [0.15, 0.2) is 0 Å². The highest BCUT2D eigenvalue weighted by Crippen LogP contribution is 2.05. The second-order valence-corrected chi connectivity index (χ2v) is 3.57. The van der Waals surface area contributed by atoms with E-state index in [0.29, 0.717) is 6.54 Å². The third-order valence-corrected chi connectivity index (χ3v) is 1.90. The first kappa shape index (κ1) is 11.4. The zero-order chi connectivity index (χ0) is 9.61. The Balaban J connectivity index is 3.68. The molecular weight excluding hydrogens is 152 g/mol. The lowest BCUT2D eigenvalue weighted by molar-refractivity contribution is -0.121. The van der Waals surface area contributed by atoms with Gasteiger partial charge in [0.25, 0.3) is 0 Å². The van der Waals surface area contributed by atoms with Gasteiger partial charge in [-0.3, -0.25) is 4.79 Å². The maximum absolute atomic E-state index is 11.2. The Morgan fingerprint density at radius 3 is 2.33 bits per heavy atom. The zero-order valence-corrected chi connectivity index (χ0v) is 8.53. The summed E-state index contributed by atoms with van der Waals surface area (Å²) < 4.78 is 0. The summed E-state index contributed by atoms with van der Waals surface area (Å²) in [6.45, 7) is 9.35. The molecule has 0 aliphatic heterocycles. The van der Waals surface area contributed by atoms with E-state index in [2.05, 4.69) is 17.6 Å². The van der Waals surface area contributed by atoms with Gasteiger partial charge in [-0.05, 0) is 26.8 Å². The molecule has 0 aliphatic carbocycles. The third kappa shape index (κ3) is 5.13. The van der Waals surface area contributed by atoms with Crippen molar-refractivity contribution in [2.75, 3.05) is 13.1 Å². The van der Waals surface area contributed by atoms with Crippen molar-refractivity contribution in [3.63, 3.8) is 0 Å². The molecule has 72 valence electrons. The Hall–Kier alpha value is -0.570. The summed E-state index contributed by atoms with van der Waals surface area (Å²) in [4.78, 5) is 11.2. The van der Waals surface area contributed by atoms with Crippen molar-refractivity contribution in [1.82, 2.24) is 10.6 Å². The average Bonchev–Trinajstić information content (AvgIpc) is 2.00. The minimum atomic E-state index is -0.0769. The van der Waals surface area contributed by atoms with Gasteiger partial charge in [0.2, 0.25) is 5.91 Å². The number of carbonyl (C=O) groups excluding carboxylic acids is 1. The molecule has 0 atom stereocenters. The first-order valence-corrected chi connectivity index (χ1v) is 4.53. The normalized spacial score (nSPS) is 11.3. The fourth-order valence-corrected chi connectivity index (χ4v) is 0.749. The van der Waals surface area contributed by atoms with E-state index in [1.807, 2.05) is 20.8 Å². The zero-order valence-electron chi connectivity index (χ0n) is 8.53. The summed E-state index contributed by atoms with van der Waals surface area (Å²) in [6.07, 6.45) is 0.949. The van der Waals surface area contributed by atoms with Crippen molar-refractivity contribution in [1.29, 1.82) is 0 Å². The monoisotopic (exact) mass is 172 g/mol. The van der Waals surface area contributed by atoms with Crippen LogP contribution >= 0.6 is 0 Å². The van der Waals surface area contributed by atoms with Crippen LogP contribution < -0.4 is 10.6 Å². The molecule has 0 saturated heterocycles. The highest BCUT2D eigenvalue weighted by atomic mass is 16.2. The molecule has 0 aromatic carbocycles. The Labute approximate surface area is 74.9 Å². The summed E-state index contributed by atoms with van der Waals surface area (Å²) in [5, 5.41) is 5.92. The number of hydrogen-bond donors (Lipinski definition) is 2. The molecule has 0 aromatic rings. The molecule has 0 fully saturated rings. The van der Waals surface area contributed by atoms with Gasteiger partial charge in [0.15, 0.2) is 0 Å². The number of hydrogen-bond acceptors (Lipinski definition) is 2. The lowest BCUT2D eigenvalue weighted by atomic mass is 10.0. The minimum Gasteiger partial charge on any atom is -0.350 e. The summed E-state index contributed by atoms with van der Waals surface area (Å²) in [5.74, 6) is 0.0729. The van der Waals surface area contributed by atoms with Gasteiger partial charge < -0.3 is 10.6 Å². The van der Waals surface area contributed by atoms with Crippen molar-refractivity contribution >= 4 is 5.91 Å². The number of nitrogens with one attached hydrogen (secondary N) is 2. The topological polar surface area (TPSA) is 41.1 Å². The van der Waals surface area contributed by atoms with E-state index in [0.717, 1.165) is 13.0 Å². The largest absolute Gasteiger partial charge is 0.350 e. The van der Waals surface area contributed by atoms with E-state index in [1.54, 1.807) is 0 Å². The molecule has 2 N–H and O–H groups in total. The maximum atomic E-state index is 11.2. The third-order valence-electron chi connectivity index (χ3n) is 1.90. The highest BCUT2D eigenvalue weighted by Gasteiger charge is 2.16. The van der Waals surface area contributed by atoms with Crippen molar-refractivity contribution in [2.24, 2.45) is 0 Å². The van der Waals surface area contributed by atoms with Gasteiger partial charge in [-0.15, -0.1) is 0 Å². The van der Waals surface area contributed by atoms with Gasteiger partial charge in [0, 0.05) is 5.54 Å². The molecule has 0 rings (SSSR count). The van der Waals surface area contributed by atoms with Crippen LogP contribution in [0.3, 0.4) is 0 Å². The molecule has 0 aliphatic rings. The maximum Gasteiger partial charge on any atom is 0.234 e. The van der Waals surface area contributed by atoms with Crippen molar-refractivity contribution in [3.8, 4) is 0 Å². The summed E-state index contributed by atoms with van der Waals surface area (Å²) in [6, 6.07) is 0. The Kier molecular flexibility index (Phi) is 4.90. The van der Waals surface area contributed by atoms with Crippen LogP contribution in [0.1, 0.15) is 34.1 Å². The van der Waals surface area contributed by atoms with E-state index in [4.69, 9.17) is 0 Å². The van der Waals surface area contributed by atoms with Gasteiger partial charge in [-0.1, -0.05) is 13.8 Å². The number of amides is 1. The average molecular weight is 172 g/mol. The van der Waals surface area contributed by atoms with Gasteiger partial charge >= 0.3 is 0 Å². The van der Waals surface area contributed by atoms with Crippen LogP contribution in [0.4, 0.5) is 0 Å². The molecule has 0 radical (unpaired) electrons. The van der Waals surface area contributed by atoms with Crippen LogP contribution in [0.25, 0.3) is 0 Å². The fourth-order valence-electron chi connectivity index (χ4n) is 0.749. The fraction of sp³-hybridized carbons (Fsp3) is 0.889. The number of carbonyl (C=O) groups is 1. The van der Waals surface area contributed by atoms with Gasteiger partial charge in [-0.25, -0.2) is 0 Å². The Morgan fingerprint density at radius 2 is 1.92 bits per heavy atom. The second kappa shape index (κ2) is 5.14. The van der Waals surface area contributed by atoms with E-state index >= 15 is 0 Å². The van der Waals surface area contributed by atoms with Crippen LogP contribution in [0.5, 0.6) is 0 Å². The Morgan fingerprint density at radius 1 is 1.33 bits per heavy atom. The predicted molar refractivity (Wildman–Crippen MR) is 51.1 cm³/mol. The van der Waals surface area contributed by atoms with E-state index in [1.165, 1.54) is 0 Å². The van der Waals surface area contributed by atoms with Crippen molar-refractivity contribution < 1.29 is 4.79 Å². The SMILES string of the molecule is CCNCC(=O)NC(C)(C)CC. The standard InChI is InChI=1S/C9H20N2O/c1-5-9(3,4)11-8(12)7-10-6-2/h10H,5-7H2,1-4H3,(H,11,12). The van der Waals surface area contributed by atoms with Crippen LogP contribution in [-0.4, -0.2) is 24.5 Å². The summed E-state index contributed by atoms with van der Waals surface area (Å²) in [5.41, 5.74) is -0.0769. The second-order valence-electron chi connectivity index (χ2n) is 3.57. The van der Waals surface area contributed by atoms with Gasteiger partial charge in [0.05, 0.1) is 6.54 Å². The van der Waals surface area contributed by atoms with Crippen LogP contribution in [0, 0.1) is 0 Å². The van der Waals surface area contributed by atoms with Crippen LogP contribution in [0.2, 0.25) is 0 Å². The van der Waals surface area contributed by atoms with Gasteiger partial charge in [-0.2, -0.15) is 0 Å².